The molecule has 144 valence electrons. The Bertz CT molecular complexity index is 561. The number of hydrogen-bond acceptors (Lipinski definition) is 5. The van der Waals surface area contributed by atoms with Gasteiger partial charge in [-0.3, -0.25) is 9.69 Å². The summed E-state index contributed by atoms with van der Waals surface area (Å²) in [6.45, 7) is 4.69. The first-order valence-electron chi connectivity index (χ1n) is 9.55. The molecule has 0 spiro atoms. The number of rotatable bonds is 7. The maximum absolute atomic E-state index is 12.4. The van der Waals surface area contributed by atoms with Crippen molar-refractivity contribution >= 4 is 5.91 Å². The van der Waals surface area contributed by atoms with Gasteiger partial charge in [-0.05, 0) is 39.1 Å². The third-order valence-corrected chi connectivity index (χ3v) is 5.24. The van der Waals surface area contributed by atoms with E-state index in [9.17, 15) is 4.79 Å². The summed E-state index contributed by atoms with van der Waals surface area (Å²) in [6.07, 6.45) is 2.18. The van der Waals surface area contributed by atoms with Crippen molar-refractivity contribution in [3.8, 4) is 5.75 Å². The molecule has 2 fully saturated rings. The second-order valence-electron chi connectivity index (χ2n) is 7.60. The van der Waals surface area contributed by atoms with Crippen molar-refractivity contribution in [1.82, 2.24) is 15.1 Å². The van der Waals surface area contributed by atoms with E-state index >= 15 is 0 Å². The van der Waals surface area contributed by atoms with E-state index in [2.05, 4.69) is 29.2 Å². The molecule has 0 bridgehead atoms. The average Bonchev–Trinajstić information content (AvgIpc) is 3.03. The van der Waals surface area contributed by atoms with Crippen LogP contribution in [-0.2, 0) is 9.53 Å². The monoisotopic (exact) mass is 361 g/mol. The van der Waals surface area contributed by atoms with E-state index in [0.29, 0.717) is 12.0 Å². The van der Waals surface area contributed by atoms with Crippen LogP contribution in [0.15, 0.2) is 30.3 Å². The zero-order chi connectivity index (χ0) is 18.4. The number of ether oxygens (including phenoxy) is 2. The molecule has 1 aromatic carbocycles. The van der Waals surface area contributed by atoms with Crippen LogP contribution in [0.25, 0.3) is 0 Å². The van der Waals surface area contributed by atoms with Gasteiger partial charge in [-0.25, -0.2) is 0 Å². The Balaban J connectivity index is 1.53. The molecule has 2 aliphatic heterocycles. The van der Waals surface area contributed by atoms with Crippen molar-refractivity contribution in [2.24, 2.45) is 5.92 Å². The SMILES string of the molecule is CN(C)C[C@@H]1CN(C2CCOCC2)C[C@H]1NC(=O)COc1ccccc1. The Labute approximate surface area is 156 Å². The molecule has 26 heavy (non-hydrogen) atoms. The molecule has 1 N–H and O–H groups in total. The van der Waals surface area contributed by atoms with E-state index in [4.69, 9.17) is 9.47 Å². The second-order valence-corrected chi connectivity index (χ2v) is 7.60. The summed E-state index contributed by atoms with van der Waals surface area (Å²) in [5.74, 6) is 1.12. The van der Waals surface area contributed by atoms with Gasteiger partial charge < -0.3 is 19.7 Å². The summed E-state index contributed by atoms with van der Waals surface area (Å²) in [5, 5.41) is 3.21. The summed E-state index contributed by atoms with van der Waals surface area (Å²) in [4.78, 5) is 17.1. The van der Waals surface area contributed by atoms with Crippen molar-refractivity contribution in [2.75, 3.05) is 53.6 Å². The molecule has 0 saturated carbocycles. The summed E-state index contributed by atoms with van der Waals surface area (Å²) in [7, 11) is 4.18. The van der Waals surface area contributed by atoms with Crippen LogP contribution in [0.5, 0.6) is 5.75 Å². The Morgan fingerprint density at radius 3 is 2.65 bits per heavy atom. The van der Waals surface area contributed by atoms with E-state index in [1.807, 2.05) is 30.3 Å². The molecule has 6 heteroatoms. The van der Waals surface area contributed by atoms with E-state index in [-0.39, 0.29) is 18.6 Å². The molecule has 2 saturated heterocycles. The zero-order valence-electron chi connectivity index (χ0n) is 15.9. The predicted molar refractivity (Wildman–Crippen MR) is 101 cm³/mol. The fourth-order valence-electron chi connectivity index (χ4n) is 3.98. The zero-order valence-corrected chi connectivity index (χ0v) is 15.9. The largest absolute Gasteiger partial charge is 0.484 e. The Morgan fingerprint density at radius 1 is 1.23 bits per heavy atom. The van der Waals surface area contributed by atoms with E-state index in [1.165, 1.54) is 0 Å². The molecule has 0 unspecified atom stereocenters. The highest BCUT2D eigenvalue weighted by Crippen LogP contribution is 2.24. The van der Waals surface area contributed by atoms with Crippen LogP contribution in [0, 0.1) is 5.92 Å². The number of carbonyl (C=O) groups excluding carboxylic acids is 1. The maximum atomic E-state index is 12.4. The van der Waals surface area contributed by atoms with Crippen LogP contribution in [0.4, 0.5) is 0 Å². The van der Waals surface area contributed by atoms with Crippen LogP contribution < -0.4 is 10.1 Å². The molecule has 1 aromatic rings. The van der Waals surface area contributed by atoms with Crippen molar-refractivity contribution in [3.63, 3.8) is 0 Å². The van der Waals surface area contributed by atoms with Gasteiger partial charge in [-0.15, -0.1) is 0 Å². The molecule has 1 amide bonds. The first kappa shape index (κ1) is 19.1. The van der Waals surface area contributed by atoms with Crippen LogP contribution in [0.3, 0.4) is 0 Å². The van der Waals surface area contributed by atoms with Crippen molar-refractivity contribution in [3.05, 3.63) is 30.3 Å². The van der Waals surface area contributed by atoms with Crippen molar-refractivity contribution < 1.29 is 14.3 Å². The number of hydrogen-bond donors (Lipinski definition) is 1. The number of nitrogens with one attached hydrogen (secondary N) is 1. The van der Waals surface area contributed by atoms with Crippen molar-refractivity contribution in [1.29, 1.82) is 0 Å². The molecule has 6 nitrogen and oxygen atoms in total. The Hall–Kier alpha value is -1.63. The Kier molecular flexibility index (Phi) is 6.88. The summed E-state index contributed by atoms with van der Waals surface area (Å²) < 4.78 is 11.1. The van der Waals surface area contributed by atoms with Crippen LogP contribution in [0.2, 0.25) is 0 Å². The first-order valence-corrected chi connectivity index (χ1v) is 9.55. The molecule has 2 heterocycles. The number of benzene rings is 1. The first-order chi connectivity index (χ1) is 12.6. The molecule has 0 aliphatic carbocycles. The van der Waals surface area contributed by atoms with E-state index < -0.39 is 0 Å². The van der Waals surface area contributed by atoms with Gasteiger partial charge in [0, 0.05) is 50.8 Å². The molecular formula is C20H31N3O3. The quantitative estimate of drug-likeness (QED) is 0.792. The average molecular weight is 361 g/mol. The second kappa shape index (κ2) is 9.35. The van der Waals surface area contributed by atoms with Gasteiger partial charge >= 0.3 is 0 Å². The lowest BCUT2D eigenvalue weighted by Gasteiger charge is -2.31. The van der Waals surface area contributed by atoms with Gasteiger partial charge in [0.15, 0.2) is 6.61 Å². The number of para-hydroxylation sites is 1. The summed E-state index contributed by atoms with van der Waals surface area (Å²) in [6, 6.07) is 10.2. The topological polar surface area (TPSA) is 54.0 Å². The number of nitrogens with zero attached hydrogens (tertiary/aromatic N) is 2. The molecule has 2 aliphatic rings. The minimum atomic E-state index is -0.0450. The van der Waals surface area contributed by atoms with Crippen molar-refractivity contribution in [2.45, 2.75) is 24.9 Å². The van der Waals surface area contributed by atoms with Gasteiger partial charge in [-0.2, -0.15) is 0 Å². The highest BCUT2D eigenvalue weighted by atomic mass is 16.5. The minimum absolute atomic E-state index is 0.0450. The lowest BCUT2D eigenvalue weighted by atomic mass is 10.0. The predicted octanol–water partition coefficient (Wildman–Crippen LogP) is 1.22. The third kappa shape index (κ3) is 5.43. The number of amides is 1. The van der Waals surface area contributed by atoms with Gasteiger partial charge in [-0.1, -0.05) is 18.2 Å². The van der Waals surface area contributed by atoms with Gasteiger partial charge in [0.05, 0.1) is 0 Å². The summed E-state index contributed by atoms with van der Waals surface area (Å²) >= 11 is 0. The molecular weight excluding hydrogens is 330 g/mol. The molecule has 0 radical (unpaired) electrons. The molecule has 3 rings (SSSR count). The number of likely N-dealkylation sites (tertiary alicyclic amines) is 1. The Morgan fingerprint density at radius 2 is 1.96 bits per heavy atom. The van der Waals surface area contributed by atoms with Crippen LogP contribution >= 0.6 is 0 Å². The normalized spacial score (nSPS) is 24.7. The van der Waals surface area contributed by atoms with E-state index in [0.717, 1.165) is 51.4 Å². The maximum Gasteiger partial charge on any atom is 0.258 e. The van der Waals surface area contributed by atoms with Gasteiger partial charge in [0.2, 0.25) is 0 Å². The highest BCUT2D eigenvalue weighted by Gasteiger charge is 2.37. The molecule has 0 aromatic heterocycles. The number of carbonyl (C=O) groups is 1. The van der Waals surface area contributed by atoms with E-state index in [1.54, 1.807) is 0 Å². The fourth-order valence-corrected chi connectivity index (χ4v) is 3.98. The molecule has 2 atom stereocenters. The highest BCUT2D eigenvalue weighted by molar-refractivity contribution is 5.78. The summed E-state index contributed by atoms with van der Waals surface area (Å²) in [5.41, 5.74) is 0. The van der Waals surface area contributed by atoms with Crippen LogP contribution in [0.1, 0.15) is 12.8 Å². The standard InChI is InChI=1S/C20H31N3O3/c1-22(2)12-16-13-23(17-8-10-25-11-9-17)14-19(16)21-20(24)15-26-18-6-4-3-5-7-18/h3-7,16-17,19H,8-15H2,1-2H3,(H,21,24)/t16-,19-/m1/s1. The third-order valence-electron chi connectivity index (χ3n) is 5.24. The van der Waals surface area contributed by atoms with Crippen LogP contribution in [-0.4, -0.2) is 81.3 Å². The minimum Gasteiger partial charge on any atom is -0.484 e. The fraction of sp³-hybridized carbons (Fsp3) is 0.650. The lowest BCUT2D eigenvalue weighted by molar-refractivity contribution is -0.124. The van der Waals surface area contributed by atoms with Gasteiger partial charge in [0.25, 0.3) is 5.91 Å². The smallest absolute Gasteiger partial charge is 0.258 e. The lowest BCUT2D eigenvalue weighted by Crippen LogP contribution is -2.45. The van der Waals surface area contributed by atoms with Gasteiger partial charge in [0.1, 0.15) is 5.75 Å².